The number of anilines is 1. The number of nitrogens with one attached hydrogen (secondary N) is 1. The average molecular weight is 280 g/mol. The van der Waals surface area contributed by atoms with E-state index in [-0.39, 0.29) is 16.7 Å². The number of aromatic amines is 1. The molecule has 2 aromatic heterocycles. The highest BCUT2D eigenvalue weighted by Crippen LogP contribution is 2.28. The lowest BCUT2D eigenvalue weighted by molar-refractivity contribution is 0.431. The number of nitrogens with zero attached hydrogens (tertiary/aromatic N) is 3. The normalized spacial score (nSPS) is 10.8. The van der Waals surface area contributed by atoms with Crippen molar-refractivity contribution in [3.63, 3.8) is 0 Å². The van der Waals surface area contributed by atoms with Gasteiger partial charge >= 0.3 is 0 Å². The van der Waals surface area contributed by atoms with E-state index in [0.29, 0.717) is 17.1 Å². The number of aromatic nitrogens is 4. The Hall–Kier alpha value is -2.41. The van der Waals surface area contributed by atoms with E-state index in [1.807, 2.05) is 0 Å². The largest absolute Gasteiger partial charge is 0.382 e. The molecular formula is C11H7ClFN5O. The van der Waals surface area contributed by atoms with Gasteiger partial charge in [0.1, 0.15) is 17.3 Å². The molecule has 6 nitrogen and oxygen atoms in total. The molecule has 3 N–H and O–H groups in total. The first-order valence-corrected chi connectivity index (χ1v) is 5.61. The van der Waals surface area contributed by atoms with Gasteiger partial charge in [-0.2, -0.15) is 10.1 Å². The number of nitrogen functional groups attached to an aromatic ring is 1. The third-order valence-electron chi connectivity index (χ3n) is 2.43. The van der Waals surface area contributed by atoms with Gasteiger partial charge < -0.3 is 10.3 Å². The van der Waals surface area contributed by atoms with E-state index in [1.165, 1.54) is 18.2 Å². The van der Waals surface area contributed by atoms with Crippen LogP contribution in [0.3, 0.4) is 0 Å². The summed E-state index contributed by atoms with van der Waals surface area (Å²) in [6.07, 6.45) is 0. The summed E-state index contributed by atoms with van der Waals surface area (Å²) in [5, 5.41) is 10.4. The fourth-order valence-electron chi connectivity index (χ4n) is 1.56. The molecule has 2 heterocycles. The first kappa shape index (κ1) is 11.7. The minimum absolute atomic E-state index is 0.205. The van der Waals surface area contributed by atoms with Gasteiger partial charge in [0.25, 0.3) is 5.89 Å². The Balaban J connectivity index is 2.01. The monoisotopic (exact) mass is 279 g/mol. The second-order valence-corrected chi connectivity index (χ2v) is 4.16. The van der Waals surface area contributed by atoms with E-state index in [2.05, 4.69) is 20.3 Å². The Kier molecular flexibility index (Phi) is 2.68. The van der Waals surface area contributed by atoms with E-state index < -0.39 is 5.82 Å². The number of benzene rings is 1. The molecule has 0 saturated heterocycles. The van der Waals surface area contributed by atoms with Gasteiger partial charge in [0, 0.05) is 11.6 Å². The van der Waals surface area contributed by atoms with Crippen molar-refractivity contribution in [3.8, 4) is 23.0 Å². The van der Waals surface area contributed by atoms with Gasteiger partial charge in [-0.15, -0.1) is 0 Å². The molecule has 3 aromatic rings. The van der Waals surface area contributed by atoms with Crippen LogP contribution in [0, 0.1) is 5.82 Å². The van der Waals surface area contributed by atoms with E-state index in [1.54, 1.807) is 6.07 Å². The number of hydrogen-bond acceptors (Lipinski definition) is 5. The zero-order chi connectivity index (χ0) is 13.4. The molecular weight excluding hydrogens is 273 g/mol. The standard InChI is InChI=1S/C11H7ClFN5O/c12-7-3-5(13)1-2-6(7)10-15-11(19-18-10)8-4-9(14)17-16-8/h1-4H,(H3,14,16,17). The zero-order valence-corrected chi connectivity index (χ0v) is 10.1. The summed E-state index contributed by atoms with van der Waals surface area (Å²) in [6.45, 7) is 0. The molecule has 0 amide bonds. The predicted molar refractivity (Wildman–Crippen MR) is 66.7 cm³/mol. The number of H-pyrrole nitrogens is 1. The highest BCUT2D eigenvalue weighted by Gasteiger charge is 2.15. The second kappa shape index (κ2) is 4.36. The van der Waals surface area contributed by atoms with E-state index in [9.17, 15) is 4.39 Å². The summed E-state index contributed by atoms with van der Waals surface area (Å²) in [5.74, 6) is 0.362. The highest BCUT2D eigenvalue weighted by molar-refractivity contribution is 6.33. The minimum Gasteiger partial charge on any atom is -0.382 e. The number of halogens is 2. The van der Waals surface area contributed by atoms with Crippen LogP contribution in [0.2, 0.25) is 5.02 Å². The van der Waals surface area contributed by atoms with Crippen LogP contribution in [-0.4, -0.2) is 20.3 Å². The quantitative estimate of drug-likeness (QED) is 0.751. The maximum absolute atomic E-state index is 13.0. The molecule has 3 rings (SSSR count). The number of hydrogen-bond donors (Lipinski definition) is 2. The maximum Gasteiger partial charge on any atom is 0.276 e. The topological polar surface area (TPSA) is 93.6 Å². The lowest BCUT2D eigenvalue weighted by atomic mass is 10.2. The van der Waals surface area contributed by atoms with E-state index in [4.69, 9.17) is 21.9 Å². The van der Waals surface area contributed by atoms with Crippen molar-refractivity contribution < 1.29 is 8.91 Å². The minimum atomic E-state index is -0.432. The van der Waals surface area contributed by atoms with Gasteiger partial charge in [-0.1, -0.05) is 16.8 Å². The molecule has 19 heavy (non-hydrogen) atoms. The van der Waals surface area contributed by atoms with Crippen molar-refractivity contribution in [2.75, 3.05) is 5.73 Å². The van der Waals surface area contributed by atoms with Crippen molar-refractivity contribution in [1.82, 2.24) is 20.3 Å². The van der Waals surface area contributed by atoms with Crippen LogP contribution in [0.5, 0.6) is 0 Å². The zero-order valence-electron chi connectivity index (χ0n) is 9.39. The van der Waals surface area contributed by atoms with Crippen molar-refractivity contribution in [2.45, 2.75) is 0 Å². The molecule has 0 saturated carbocycles. The van der Waals surface area contributed by atoms with Crippen LogP contribution >= 0.6 is 11.6 Å². The first-order chi connectivity index (χ1) is 9.13. The lowest BCUT2D eigenvalue weighted by Gasteiger charge is -1.97. The lowest BCUT2D eigenvalue weighted by Crippen LogP contribution is -1.84. The summed E-state index contributed by atoms with van der Waals surface area (Å²) < 4.78 is 18.0. The van der Waals surface area contributed by atoms with Crippen LogP contribution < -0.4 is 5.73 Å². The van der Waals surface area contributed by atoms with Gasteiger partial charge in [-0.05, 0) is 18.2 Å². The third-order valence-corrected chi connectivity index (χ3v) is 2.74. The van der Waals surface area contributed by atoms with Gasteiger partial charge in [0.15, 0.2) is 0 Å². The van der Waals surface area contributed by atoms with Crippen molar-refractivity contribution >= 4 is 17.4 Å². The Morgan fingerprint density at radius 2 is 2.16 bits per heavy atom. The Morgan fingerprint density at radius 1 is 1.32 bits per heavy atom. The Labute approximate surface area is 111 Å². The van der Waals surface area contributed by atoms with Crippen LogP contribution in [0.1, 0.15) is 0 Å². The van der Waals surface area contributed by atoms with Crippen molar-refractivity contribution in [2.24, 2.45) is 0 Å². The van der Waals surface area contributed by atoms with Gasteiger partial charge in [0.2, 0.25) is 5.82 Å². The van der Waals surface area contributed by atoms with Crippen molar-refractivity contribution in [3.05, 3.63) is 35.1 Å². The third kappa shape index (κ3) is 2.15. The molecule has 8 heteroatoms. The average Bonchev–Trinajstić information content (AvgIpc) is 2.97. The maximum atomic E-state index is 13.0. The molecule has 0 aliphatic rings. The van der Waals surface area contributed by atoms with Gasteiger partial charge in [-0.3, -0.25) is 5.10 Å². The highest BCUT2D eigenvalue weighted by atomic mass is 35.5. The van der Waals surface area contributed by atoms with Crippen molar-refractivity contribution in [1.29, 1.82) is 0 Å². The molecule has 0 aliphatic heterocycles. The summed E-state index contributed by atoms with van der Waals surface area (Å²) in [7, 11) is 0. The predicted octanol–water partition coefficient (Wildman–Crippen LogP) is 2.50. The molecule has 1 aromatic carbocycles. The summed E-state index contributed by atoms with van der Waals surface area (Å²) in [5.41, 5.74) is 6.45. The van der Waals surface area contributed by atoms with Crippen LogP contribution in [-0.2, 0) is 0 Å². The fraction of sp³-hybridized carbons (Fsp3) is 0. The smallest absolute Gasteiger partial charge is 0.276 e. The van der Waals surface area contributed by atoms with Crippen LogP contribution in [0.4, 0.5) is 10.2 Å². The Morgan fingerprint density at radius 3 is 2.84 bits per heavy atom. The second-order valence-electron chi connectivity index (χ2n) is 3.75. The Bertz CT molecular complexity index is 738. The SMILES string of the molecule is Nc1cc(-c2nc(-c3ccc(F)cc3Cl)no2)[nH]n1. The van der Waals surface area contributed by atoms with Gasteiger partial charge in [0.05, 0.1) is 5.02 Å². The number of nitrogens with two attached hydrogens (primary N) is 1. The summed E-state index contributed by atoms with van der Waals surface area (Å²) >= 11 is 5.92. The fourth-order valence-corrected chi connectivity index (χ4v) is 1.81. The molecule has 0 spiro atoms. The molecule has 0 fully saturated rings. The van der Waals surface area contributed by atoms with E-state index in [0.717, 1.165) is 0 Å². The van der Waals surface area contributed by atoms with E-state index >= 15 is 0 Å². The first-order valence-electron chi connectivity index (χ1n) is 5.24. The molecule has 0 radical (unpaired) electrons. The molecule has 96 valence electrons. The summed E-state index contributed by atoms with van der Waals surface area (Å²) in [6, 6.07) is 5.49. The van der Waals surface area contributed by atoms with Crippen LogP contribution in [0.25, 0.3) is 23.0 Å². The van der Waals surface area contributed by atoms with Gasteiger partial charge in [-0.25, -0.2) is 4.39 Å². The molecule has 0 atom stereocenters. The van der Waals surface area contributed by atoms with Crippen LogP contribution in [0.15, 0.2) is 28.8 Å². The molecule has 0 aliphatic carbocycles. The molecule has 0 unspecified atom stereocenters. The summed E-state index contributed by atoms with van der Waals surface area (Å²) in [4.78, 5) is 4.14. The number of rotatable bonds is 2. The molecule has 0 bridgehead atoms.